The lowest BCUT2D eigenvalue weighted by Crippen LogP contribution is -2.36. The molecular formula is C24H29F3N6O2. The first kappa shape index (κ1) is 24.9. The number of anilines is 2. The van der Waals surface area contributed by atoms with E-state index in [1.165, 1.54) is 6.07 Å². The van der Waals surface area contributed by atoms with E-state index in [4.69, 9.17) is 9.47 Å². The molecule has 1 N–H and O–H groups in total. The van der Waals surface area contributed by atoms with E-state index in [-0.39, 0.29) is 18.0 Å². The van der Waals surface area contributed by atoms with Gasteiger partial charge in [-0.2, -0.15) is 13.2 Å². The lowest BCUT2D eigenvalue weighted by molar-refractivity contribution is -0.144. The highest BCUT2D eigenvalue weighted by atomic mass is 19.4. The summed E-state index contributed by atoms with van der Waals surface area (Å²) in [5.74, 6) is -0.337. The first-order valence-electron chi connectivity index (χ1n) is 11.7. The van der Waals surface area contributed by atoms with Crippen LogP contribution in [-0.2, 0) is 10.9 Å². The summed E-state index contributed by atoms with van der Waals surface area (Å²) in [6, 6.07) is 5.42. The fourth-order valence-electron chi connectivity index (χ4n) is 4.36. The van der Waals surface area contributed by atoms with E-state index in [0.717, 1.165) is 50.7 Å². The number of halogens is 3. The van der Waals surface area contributed by atoms with Crippen molar-refractivity contribution in [2.45, 2.75) is 50.9 Å². The minimum absolute atomic E-state index is 0.00256. The van der Waals surface area contributed by atoms with Crippen LogP contribution in [0.2, 0.25) is 0 Å². The monoisotopic (exact) mass is 490 g/mol. The molecule has 2 aromatic rings. The van der Waals surface area contributed by atoms with Crippen LogP contribution < -0.4 is 15.0 Å². The minimum Gasteiger partial charge on any atom is -0.488 e. The predicted molar refractivity (Wildman–Crippen MR) is 130 cm³/mol. The zero-order chi connectivity index (χ0) is 24.8. The van der Waals surface area contributed by atoms with Crippen LogP contribution in [0.3, 0.4) is 0 Å². The number of nitrogens with zero attached hydrogens (tertiary/aromatic N) is 5. The Morgan fingerprint density at radius 1 is 1.20 bits per heavy atom. The molecule has 8 nitrogen and oxygen atoms in total. The topological polar surface area (TPSA) is 84.2 Å². The number of morpholine rings is 1. The molecule has 0 bridgehead atoms. The molecule has 188 valence electrons. The Bertz CT molecular complexity index is 1050. The number of aliphatic imine (C=N–C) groups is 2. The standard InChI is InChI=1S/C24H29F3N6O2/c1-3-29-19-14-17(33-10-12-34-13-11-33)15-20(22(19)28-2)35-18-6-4-16(5-7-18)31-21-8-9-30-23(32-21)24(25,26)27/h3,8-9,14-16,18H,2,4-7,10-13H2,1H3,(H,30,31,32)/b29-3-/t16-,18+. The van der Waals surface area contributed by atoms with Crippen molar-refractivity contribution >= 4 is 35.8 Å². The average molecular weight is 491 g/mol. The van der Waals surface area contributed by atoms with Crippen LogP contribution >= 0.6 is 0 Å². The number of nitrogens with one attached hydrogen (secondary N) is 1. The molecule has 0 unspecified atom stereocenters. The predicted octanol–water partition coefficient (Wildman–Crippen LogP) is 5.19. The summed E-state index contributed by atoms with van der Waals surface area (Å²) in [5.41, 5.74) is 2.29. The van der Waals surface area contributed by atoms with Crippen molar-refractivity contribution in [3.63, 3.8) is 0 Å². The average Bonchev–Trinajstić information content (AvgIpc) is 2.85. The van der Waals surface area contributed by atoms with Crippen LogP contribution in [-0.4, -0.2) is 61.3 Å². The maximum absolute atomic E-state index is 12.9. The van der Waals surface area contributed by atoms with Crippen molar-refractivity contribution in [3.8, 4) is 5.75 Å². The zero-order valence-corrected chi connectivity index (χ0v) is 19.6. The number of benzene rings is 1. The van der Waals surface area contributed by atoms with Crippen LogP contribution in [0, 0.1) is 0 Å². The SMILES string of the molecule is C=Nc1c(/N=C\C)cc(N2CCOCC2)cc1O[C@H]1CC[C@@H](Nc2ccnc(C(F)(F)F)n2)CC1. The Morgan fingerprint density at radius 2 is 1.94 bits per heavy atom. The summed E-state index contributed by atoms with van der Waals surface area (Å²) in [7, 11) is 0. The van der Waals surface area contributed by atoms with Gasteiger partial charge in [0.25, 0.3) is 0 Å². The van der Waals surface area contributed by atoms with E-state index >= 15 is 0 Å². The summed E-state index contributed by atoms with van der Waals surface area (Å²) in [6.45, 7) is 8.45. The summed E-state index contributed by atoms with van der Waals surface area (Å²) >= 11 is 0. The van der Waals surface area contributed by atoms with Gasteiger partial charge in [0, 0.05) is 43.3 Å². The highest BCUT2D eigenvalue weighted by molar-refractivity contribution is 5.80. The third-order valence-electron chi connectivity index (χ3n) is 6.07. The first-order chi connectivity index (χ1) is 16.9. The van der Waals surface area contributed by atoms with Gasteiger partial charge in [0.1, 0.15) is 17.3 Å². The van der Waals surface area contributed by atoms with Gasteiger partial charge in [0.05, 0.1) is 25.0 Å². The summed E-state index contributed by atoms with van der Waals surface area (Å²) < 4.78 is 50.5. The van der Waals surface area contributed by atoms with Gasteiger partial charge in [-0.3, -0.25) is 9.98 Å². The van der Waals surface area contributed by atoms with Gasteiger partial charge in [-0.05, 0) is 51.5 Å². The van der Waals surface area contributed by atoms with Gasteiger partial charge in [0.15, 0.2) is 0 Å². The molecule has 11 heteroatoms. The molecule has 2 aliphatic rings. The van der Waals surface area contributed by atoms with Crippen LogP contribution in [0.25, 0.3) is 0 Å². The van der Waals surface area contributed by atoms with Crippen molar-refractivity contribution < 1.29 is 22.6 Å². The molecule has 0 radical (unpaired) electrons. The van der Waals surface area contributed by atoms with E-state index in [2.05, 4.69) is 36.9 Å². The van der Waals surface area contributed by atoms with Crippen molar-refractivity contribution in [1.82, 2.24) is 9.97 Å². The molecule has 2 heterocycles. The Labute approximate surface area is 202 Å². The van der Waals surface area contributed by atoms with E-state index < -0.39 is 12.0 Å². The van der Waals surface area contributed by atoms with Gasteiger partial charge >= 0.3 is 6.18 Å². The molecule has 1 saturated carbocycles. The van der Waals surface area contributed by atoms with Crippen LogP contribution in [0.4, 0.5) is 36.1 Å². The zero-order valence-electron chi connectivity index (χ0n) is 19.6. The molecule has 35 heavy (non-hydrogen) atoms. The van der Waals surface area contributed by atoms with Crippen LogP contribution in [0.5, 0.6) is 5.75 Å². The summed E-state index contributed by atoms with van der Waals surface area (Å²) in [5, 5.41) is 3.11. The maximum Gasteiger partial charge on any atom is 0.451 e. The van der Waals surface area contributed by atoms with Crippen molar-refractivity contribution in [1.29, 1.82) is 0 Å². The van der Waals surface area contributed by atoms with Gasteiger partial charge in [0.2, 0.25) is 5.82 Å². The van der Waals surface area contributed by atoms with Gasteiger partial charge in [-0.15, -0.1) is 0 Å². The Balaban J connectivity index is 1.43. The van der Waals surface area contributed by atoms with E-state index in [1.54, 1.807) is 6.21 Å². The number of alkyl halides is 3. The Kier molecular flexibility index (Phi) is 7.84. The molecule has 1 aliphatic heterocycles. The van der Waals surface area contributed by atoms with Crippen LogP contribution in [0.15, 0.2) is 34.4 Å². The maximum atomic E-state index is 12.9. The Hall–Kier alpha value is -3.21. The molecule has 1 aromatic carbocycles. The van der Waals surface area contributed by atoms with Crippen LogP contribution in [0.1, 0.15) is 38.4 Å². The number of rotatable bonds is 7. The third kappa shape index (κ3) is 6.27. The number of ether oxygens (including phenoxy) is 2. The molecule has 1 aliphatic carbocycles. The smallest absolute Gasteiger partial charge is 0.451 e. The minimum atomic E-state index is -4.57. The van der Waals surface area contributed by atoms with Crippen molar-refractivity contribution in [3.05, 3.63) is 30.2 Å². The highest BCUT2D eigenvalue weighted by Gasteiger charge is 2.35. The lowest BCUT2D eigenvalue weighted by atomic mass is 9.93. The fourth-order valence-corrected chi connectivity index (χ4v) is 4.36. The summed E-state index contributed by atoms with van der Waals surface area (Å²) in [6.07, 6.45) is 1.14. The Morgan fingerprint density at radius 3 is 2.60 bits per heavy atom. The van der Waals surface area contributed by atoms with Gasteiger partial charge < -0.3 is 19.7 Å². The van der Waals surface area contributed by atoms with Crippen molar-refractivity contribution in [2.24, 2.45) is 9.98 Å². The normalized spacial score (nSPS) is 21.2. The third-order valence-corrected chi connectivity index (χ3v) is 6.07. The quantitative estimate of drug-likeness (QED) is 0.538. The van der Waals surface area contributed by atoms with E-state index in [9.17, 15) is 13.2 Å². The second-order valence-electron chi connectivity index (χ2n) is 8.46. The molecule has 1 saturated heterocycles. The molecule has 1 aromatic heterocycles. The van der Waals surface area contributed by atoms with E-state index in [1.807, 2.05) is 19.1 Å². The highest BCUT2D eigenvalue weighted by Crippen LogP contribution is 2.43. The molecule has 4 rings (SSSR count). The van der Waals surface area contributed by atoms with Gasteiger partial charge in [-0.25, -0.2) is 9.97 Å². The number of hydrogen-bond acceptors (Lipinski definition) is 8. The number of hydrogen-bond donors (Lipinski definition) is 1. The largest absolute Gasteiger partial charge is 0.488 e. The second kappa shape index (κ2) is 11.0. The summed E-state index contributed by atoms with van der Waals surface area (Å²) in [4.78, 5) is 17.8. The lowest BCUT2D eigenvalue weighted by Gasteiger charge is -2.32. The fraction of sp³-hybridized carbons (Fsp3) is 0.500. The van der Waals surface area contributed by atoms with Gasteiger partial charge in [-0.1, -0.05) is 0 Å². The molecule has 2 fully saturated rings. The molecule has 0 spiro atoms. The molecular weight excluding hydrogens is 461 g/mol. The molecule has 0 amide bonds. The molecule has 0 atom stereocenters. The van der Waals surface area contributed by atoms with Crippen molar-refractivity contribution in [2.75, 3.05) is 36.5 Å². The van der Waals surface area contributed by atoms with E-state index in [0.29, 0.717) is 30.3 Å². The number of aromatic nitrogens is 2. The first-order valence-corrected chi connectivity index (χ1v) is 11.7. The second-order valence-corrected chi connectivity index (χ2v) is 8.46.